The Labute approximate surface area is 130 Å². The lowest BCUT2D eigenvalue weighted by Crippen LogP contribution is -2.10. The van der Waals surface area contributed by atoms with Crippen molar-refractivity contribution in [1.82, 2.24) is 0 Å². The monoisotopic (exact) mass is 280 g/mol. The Kier molecular flexibility index (Phi) is 5.96. The molecule has 112 valence electrons. The Morgan fingerprint density at radius 3 is 2.05 bits per heavy atom. The van der Waals surface area contributed by atoms with E-state index in [1.165, 1.54) is 5.56 Å². The van der Waals surface area contributed by atoms with E-state index < -0.39 is 0 Å². The smallest absolute Gasteiger partial charge is 0.0132 e. The van der Waals surface area contributed by atoms with Crippen LogP contribution in [0.5, 0.6) is 0 Å². The van der Waals surface area contributed by atoms with Gasteiger partial charge in [0.2, 0.25) is 0 Å². The third-order valence-corrected chi connectivity index (χ3v) is 3.36. The second kappa shape index (κ2) is 7.26. The van der Waals surface area contributed by atoms with Crippen LogP contribution in [0.25, 0.3) is 5.57 Å². The van der Waals surface area contributed by atoms with E-state index in [2.05, 4.69) is 90.3 Å². The molecule has 0 atom stereocenters. The minimum absolute atomic E-state index is 0.186. The highest BCUT2D eigenvalue weighted by molar-refractivity contribution is 5.72. The fourth-order valence-electron chi connectivity index (χ4n) is 2.05. The summed E-state index contributed by atoms with van der Waals surface area (Å²) in [5.74, 6) is 0.516. The standard InChI is InChI=1S/C21H28/c1-8-18(15-16(2)3)10-9-17(4)19-11-13-20(14-12-19)21(5,6)7/h8-16H,1,4H2,2-3,5-7H3. The van der Waals surface area contributed by atoms with Gasteiger partial charge in [-0.1, -0.05) is 96.3 Å². The van der Waals surface area contributed by atoms with Crippen molar-refractivity contribution in [3.05, 3.63) is 78.4 Å². The fraction of sp³-hybridized carbons (Fsp3) is 0.333. The Hall–Kier alpha value is -1.82. The van der Waals surface area contributed by atoms with Crippen molar-refractivity contribution in [2.75, 3.05) is 0 Å². The molecule has 0 nitrogen and oxygen atoms in total. The maximum absolute atomic E-state index is 4.15. The molecule has 0 heteroatoms. The first kappa shape index (κ1) is 17.2. The van der Waals surface area contributed by atoms with Gasteiger partial charge >= 0.3 is 0 Å². The Bertz CT molecular complexity index is 543. The molecule has 0 N–H and O–H groups in total. The largest absolute Gasteiger partial charge is 0.0985 e. The Balaban J connectivity index is 2.87. The van der Waals surface area contributed by atoms with Crippen LogP contribution < -0.4 is 0 Å². The molecular formula is C21H28. The number of hydrogen-bond donors (Lipinski definition) is 0. The second-order valence-electron chi connectivity index (χ2n) is 6.80. The highest BCUT2D eigenvalue weighted by Gasteiger charge is 2.12. The molecule has 0 aliphatic carbocycles. The maximum Gasteiger partial charge on any atom is -0.0132 e. The van der Waals surface area contributed by atoms with Gasteiger partial charge in [-0.05, 0) is 33.6 Å². The zero-order valence-electron chi connectivity index (χ0n) is 14.1. The highest BCUT2D eigenvalue weighted by atomic mass is 14.2. The van der Waals surface area contributed by atoms with Crippen LogP contribution in [0.1, 0.15) is 45.7 Å². The zero-order chi connectivity index (χ0) is 16.0. The van der Waals surface area contributed by atoms with Crippen LogP contribution in [0.15, 0.2) is 67.3 Å². The summed E-state index contributed by atoms with van der Waals surface area (Å²) >= 11 is 0. The second-order valence-corrected chi connectivity index (χ2v) is 6.80. The Morgan fingerprint density at radius 1 is 1.05 bits per heavy atom. The van der Waals surface area contributed by atoms with Crippen molar-refractivity contribution in [2.24, 2.45) is 5.92 Å². The molecule has 0 fully saturated rings. The first-order valence-corrected chi connectivity index (χ1v) is 7.56. The summed E-state index contributed by atoms with van der Waals surface area (Å²) in [7, 11) is 0. The average molecular weight is 280 g/mol. The van der Waals surface area contributed by atoms with Crippen LogP contribution in [0.3, 0.4) is 0 Å². The van der Waals surface area contributed by atoms with E-state index in [1.54, 1.807) is 0 Å². The van der Waals surface area contributed by atoms with Gasteiger partial charge in [-0.2, -0.15) is 0 Å². The summed E-state index contributed by atoms with van der Waals surface area (Å²) in [5, 5.41) is 0. The average Bonchev–Trinajstić information content (AvgIpc) is 2.41. The number of benzene rings is 1. The molecule has 0 aliphatic heterocycles. The molecule has 0 spiro atoms. The van der Waals surface area contributed by atoms with E-state index in [-0.39, 0.29) is 5.41 Å². The molecule has 1 aromatic rings. The maximum atomic E-state index is 4.15. The lowest BCUT2D eigenvalue weighted by molar-refractivity contribution is 0.590. The SMILES string of the molecule is C=CC(C=CC(=C)c1ccc(C(C)(C)C)cc1)=CC(C)C. The zero-order valence-corrected chi connectivity index (χ0v) is 14.1. The predicted octanol–water partition coefficient (Wildman–Crippen LogP) is 6.32. The van der Waals surface area contributed by atoms with Crippen LogP contribution in [-0.2, 0) is 5.41 Å². The minimum atomic E-state index is 0.186. The van der Waals surface area contributed by atoms with Gasteiger partial charge in [-0.25, -0.2) is 0 Å². The first-order valence-electron chi connectivity index (χ1n) is 7.56. The van der Waals surface area contributed by atoms with Crippen LogP contribution in [-0.4, -0.2) is 0 Å². The van der Waals surface area contributed by atoms with Crippen LogP contribution in [0.2, 0.25) is 0 Å². The summed E-state index contributed by atoms with van der Waals surface area (Å²) in [6, 6.07) is 8.67. The molecule has 0 bridgehead atoms. The molecule has 0 saturated carbocycles. The molecule has 21 heavy (non-hydrogen) atoms. The number of allylic oxidation sites excluding steroid dienone is 6. The van der Waals surface area contributed by atoms with Crippen LogP contribution in [0.4, 0.5) is 0 Å². The van der Waals surface area contributed by atoms with Crippen molar-refractivity contribution < 1.29 is 0 Å². The van der Waals surface area contributed by atoms with Crippen molar-refractivity contribution >= 4 is 5.57 Å². The quantitative estimate of drug-likeness (QED) is 0.553. The lowest BCUT2D eigenvalue weighted by Gasteiger charge is -2.19. The number of hydrogen-bond acceptors (Lipinski definition) is 0. The third-order valence-electron chi connectivity index (χ3n) is 3.36. The molecule has 0 saturated heterocycles. The van der Waals surface area contributed by atoms with Crippen LogP contribution in [0, 0.1) is 5.92 Å². The molecule has 0 aromatic heterocycles. The van der Waals surface area contributed by atoms with Gasteiger partial charge < -0.3 is 0 Å². The molecule has 0 aliphatic rings. The topological polar surface area (TPSA) is 0 Å². The highest BCUT2D eigenvalue weighted by Crippen LogP contribution is 2.24. The van der Waals surface area contributed by atoms with Gasteiger partial charge in [-0.3, -0.25) is 0 Å². The first-order chi connectivity index (χ1) is 9.74. The van der Waals surface area contributed by atoms with Gasteiger partial charge in [0, 0.05) is 0 Å². The normalized spacial score (nSPS) is 13.0. The van der Waals surface area contributed by atoms with E-state index in [1.807, 2.05) is 6.08 Å². The van der Waals surface area contributed by atoms with Crippen LogP contribution >= 0.6 is 0 Å². The summed E-state index contributed by atoms with van der Waals surface area (Å²) in [4.78, 5) is 0. The van der Waals surface area contributed by atoms with Gasteiger partial charge in [0.05, 0.1) is 0 Å². The summed E-state index contributed by atoms with van der Waals surface area (Å²) in [6.45, 7) is 19.0. The van der Waals surface area contributed by atoms with Gasteiger partial charge in [0.1, 0.15) is 0 Å². The minimum Gasteiger partial charge on any atom is -0.0985 e. The molecule has 0 amide bonds. The fourth-order valence-corrected chi connectivity index (χ4v) is 2.05. The van der Waals surface area contributed by atoms with Gasteiger partial charge in [0.15, 0.2) is 0 Å². The van der Waals surface area contributed by atoms with Gasteiger partial charge in [-0.15, -0.1) is 0 Å². The summed E-state index contributed by atoms with van der Waals surface area (Å²) in [5.41, 5.74) is 4.84. The van der Waals surface area contributed by atoms with E-state index in [4.69, 9.17) is 0 Å². The Morgan fingerprint density at radius 2 is 1.62 bits per heavy atom. The molecule has 1 aromatic carbocycles. The predicted molar refractivity (Wildman–Crippen MR) is 96.4 cm³/mol. The van der Waals surface area contributed by atoms with E-state index in [0.29, 0.717) is 5.92 Å². The molecule has 0 unspecified atom stereocenters. The molecule has 0 radical (unpaired) electrons. The summed E-state index contributed by atoms with van der Waals surface area (Å²) < 4.78 is 0. The lowest BCUT2D eigenvalue weighted by atomic mass is 9.86. The van der Waals surface area contributed by atoms with Crippen molar-refractivity contribution in [3.8, 4) is 0 Å². The molecular weight excluding hydrogens is 252 g/mol. The van der Waals surface area contributed by atoms with Crippen molar-refractivity contribution in [3.63, 3.8) is 0 Å². The number of rotatable bonds is 5. The van der Waals surface area contributed by atoms with E-state index in [9.17, 15) is 0 Å². The molecule has 1 rings (SSSR count). The third kappa shape index (κ3) is 5.59. The van der Waals surface area contributed by atoms with Crippen molar-refractivity contribution in [2.45, 2.75) is 40.0 Å². The summed E-state index contributed by atoms with van der Waals surface area (Å²) in [6.07, 6.45) is 8.21. The van der Waals surface area contributed by atoms with Gasteiger partial charge in [0.25, 0.3) is 0 Å². The van der Waals surface area contributed by atoms with Crippen molar-refractivity contribution in [1.29, 1.82) is 0 Å². The van der Waals surface area contributed by atoms with E-state index >= 15 is 0 Å². The van der Waals surface area contributed by atoms with E-state index in [0.717, 1.165) is 16.7 Å². The molecule has 0 heterocycles.